The van der Waals surface area contributed by atoms with Crippen LogP contribution in [0.5, 0.6) is 0 Å². The van der Waals surface area contributed by atoms with Crippen LogP contribution in [0, 0.1) is 13.8 Å². The summed E-state index contributed by atoms with van der Waals surface area (Å²) in [7, 11) is 0. The van der Waals surface area contributed by atoms with E-state index in [0.717, 1.165) is 0 Å². The molecule has 0 aliphatic heterocycles. The van der Waals surface area contributed by atoms with E-state index < -0.39 is 0 Å². The second kappa shape index (κ2) is 4.75. The lowest BCUT2D eigenvalue weighted by atomic mass is 10.0. The van der Waals surface area contributed by atoms with E-state index in [1.165, 1.54) is 22.3 Å². The molecule has 2 aromatic carbocycles. The average Bonchev–Trinajstić information content (AvgIpc) is 2.30. The molecule has 0 spiro atoms. The molecule has 0 saturated carbocycles. The summed E-state index contributed by atoms with van der Waals surface area (Å²) < 4.78 is 0. The molecular weight excluding hydrogens is 212 g/mol. The normalized spacial score (nSPS) is 10.8. The highest BCUT2D eigenvalue weighted by Crippen LogP contribution is 2.28. The van der Waals surface area contributed by atoms with Gasteiger partial charge >= 0.3 is 0 Å². The SMILES string of the molecule is Cc1ccc(C(S)c2ccc(C)cc2)cc1. The molecular formula is C15H16S. The molecule has 0 aliphatic carbocycles. The summed E-state index contributed by atoms with van der Waals surface area (Å²) in [5, 5.41) is 0.168. The standard InChI is InChI=1S/C15H16S/c1-11-3-7-13(8-4-11)15(16)14-9-5-12(2)6-10-14/h3-10,15-16H,1-2H3. The van der Waals surface area contributed by atoms with Crippen LogP contribution in [-0.4, -0.2) is 0 Å². The topological polar surface area (TPSA) is 0 Å². The number of hydrogen-bond donors (Lipinski definition) is 1. The van der Waals surface area contributed by atoms with E-state index in [9.17, 15) is 0 Å². The van der Waals surface area contributed by atoms with E-state index in [1.807, 2.05) is 0 Å². The Balaban J connectivity index is 2.28. The fourth-order valence-electron chi connectivity index (χ4n) is 1.69. The highest BCUT2D eigenvalue weighted by Gasteiger charge is 2.08. The maximum Gasteiger partial charge on any atom is 0.0516 e. The summed E-state index contributed by atoms with van der Waals surface area (Å²) in [6.07, 6.45) is 0. The van der Waals surface area contributed by atoms with Crippen LogP contribution in [0.3, 0.4) is 0 Å². The molecule has 0 aromatic heterocycles. The summed E-state index contributed by atoms with van der Waals surface area (Å²) in [5.41, 5.74) is 5.07. The third-order valence-electron chi connectivity index (χ3n) is 2.79. The van der Waals surface area contributed by atoms with Crippen molar-refractivity contribution in [3.05, 3.63) is 70.8 Å². The van der Waals surface area contributed by atoms with Crippen molar-refractivity contribution in [1.82, 2.24) is 0 Å². The lowest BCUT2D eigenvalue weighted by Crippen LogP contribution is -1.93. The van der Waals surface area contributed by atoms with Gasteiger partial charge < -0.3 is 0 Å². The molecule has 0 atom stereocenters. The van der Waals surface area contributed by atoms with Gasteiger partial charge in [-0.05, 0) is 25.0 Å². The molecule has 82 valence electrons. The highest BCUT2D eigenvalue weighted by atomic mass is 32.1. The first kappa shape index (κ1) is 11.3. The third kappa shape index (κ3) is 2.48. The largest absolute Gasteiger partial charge is 0.166 e. The fraction of sp³-hybridized carbons (Fsp3) is 0.200. The number of aryl methyl sites for hydroxylation is 2. The summed E-state index contributed by atoms with van der Waals surface area (Å²) in [5.74, 6) is 0. The number of rotatable bonds is 2. The molecule has 0 fully saturated rings. The number of thiol groups is 1. The quantitative estimate of drug-likeness (QED) is 0.727. The van der Waals surface area contributed by atoms with Crippen LogP contribution < -0.4 is 0 Å². The van der Waals surface area contributed by atoms with Gasteiger partial charge in [-0.1, -0.05) is 59.7 Å². The molecule has 0 nitrogen and oxygen atoms in total. The van der Waals surface area contributed by atoms with E-state index in [4.69, 9.17) is 0 Å². The lowest BCUT2D eigenvalue weighted by molar-refractivity contribution is 1.16. The van der Waals surface area contributed by atoms with E-state index in [1.54, 1.807) is 0 Å². The van der Waals surface area contributed by atoms with Crippen molar-refractivity contribution in [2.75, 3.05) is 0 Å². The zero-order chi connectivity index (χ0) is 11.5. The van der Waals surface area contributed by atoms with E-state index >= 15 is 0 Å². The minimum atomic E-state index is 0.168. The van der Waals surface area contributed by atoms with Crippen LogP contribution in [-0.2, 0) is 0 Å². The predicted octanol–water partition coefficient (Wildman–Crippen LogP) is 4.32. The van der Waals surface area contributed by atoms with Gasteiger partial charge in [0.1, 0.15) is 0 Å². The molecule has 1 heteroatoms. The van der Waals surface area contributed by atoms with E-state index in [2.05, 4.69) is 75.0 Å². The summed E-state index contributed by atoms with van der Waals surface area (Å²) >= 11 is 4.68. The molecule has 0 saturated heterocycles. The lowest BCUT2D eigenvalue weighted by Gasteiger charge is -2.12. The van der Waals surface area contributed by atoms with E-state index in [0.29, 0.717) is 0 Å². The first-order chi connectivity index (χ1) is 7.66. The van der Waals surface area contributed by atoms with Crippen molar-refractivity contribution in [2.45, 2.75) is 19.1 Å². The number of benzene rings is 2. The summed E-state index contributed by atoms with van der Waals surface area (Å²) in [6, 6.07) is 17.1. The summed E-state index contributed by atoms with van der Waals surface area (Å²) in [6.45, 7) is 4.20. The van der Waals surface area contributed by atoms with Crippen molar-refractivity contribution in [3.63, 3.8) is 0 Å². The Morgan fingerprint density at radius 2 is 1.00 bits per heavy atom. The van der Waals surface area contributed by atoms with Crippen molar-refractivity contribution >= 4 is 12.6 Å². The van der Waals surface area contributed by atoms with Gasteiger partial charge in [0.15, 0.2) is 0 Å². The maximum atomic E-state index is 4.68. The second-order valence-corrected chi connectivity index (χ2v) is 4.74. The highest BCUT2D eigenvalue weighted by molar-refractivity contribution is 7.80. The van der Waals surface area contributed by atoms with Crippen molar-refractivity contribution < 1.29 is 0 Å². The van der Waals surface area contributed by atoms with Crippen LogP contribution in [0.25, 0.3) is 0 Å². The van der Waals surface area contributed by atoms with Gasteiger partial charge in [0, 0.05) is 0 Å². The van der Waals surface area contributed by atoms with Crippen LogP contribution in [0.2, 0.25) is 0 Å². The minimum Gasteiger partial charge on any atom is -0.166 e. The first-order valence-electron chi connectivity index (χ1n) is 5.48. The predicted molar refractivity (Wildman–Crippen MR) is 73.2 cm³/mol. The van der Waals surface area contributed by atoms with Crippen LogP contribution in [0.1, 0.15) is 27.5 Å². The van der Waals surface area contributed by atoms with Gasteiger partial charge in [0.25, 0.3) is 0 Å². The Morgan fingerprint density at radius 3 is 1.31 bits per heavy atom. The zero-order valence-corrected chi connectivity index (χ0v) is 10.5. The molecule has 0 aliphatic rings. The Labute approximate surface area is 103 Å². The molecule has 2 rings (SSSR count). The van der Waals surface area contributed by atoms with Crippen molar-refractivity contribution in [2.24, 2.45) is 0 Å². The van der Waals surface area contributed by atoms with Gasteiger partial charge in [0.2, 0.25) is 0 Å². The maximum absolute atomic E-state index is 4.68. The first-order valence-corrected chi connectivity index (χ1v) is 5.99. The van der Waals surface area contributed by atoms with Gasteiger partial charge in [0.05, 0.1) is 5.25 Å². The molecule has 0 radical (unpaired) electrons. The molecule has 0 N–H and O–H groups in total. The van der Waals surface area contributed by atoms with Crippen LogP contribution in [0.15, 0.2) is 48.5 Å². The molecule has 0 heterocycles. The summed E-state index contributed by atoms with van der Waals surface area (Å²) in [4.78, 5) is 0. The molecule has 16 heavy (non-hydrogen) atoms. The van der Waals surface area contributed by atoms with Crippen LogP contribution in [0.4, 0.5) is 0 Å². The monoisotopic (exact) mass is 228 g/mol. The van der Waals surface area contributed by atoms with E-state index in [-0.39, 0.29) is 5.25 Å². The van der Waals surface area contributed by atoms with Gasteiger partial charge in [-0.2, -0.15) is 12.6 Å². The molecule has 0 bridgehead atoms. The third-order valence-corrected chi connectivity index (χ3v) is 3.38. The average molecular weight is 228 g/mol. The molecule has 0 amide bonds. The fourth-order valence-corrected chi connectivity index (χ4v) is 2.03. The van der Waals surface area contributed by atoms with Crippen molar-refractivity contribution in [1.29, 1.82) is 0 Å². The second-order valence-electron chi connectivity index (χ2n) is 4.22. The Kier molecular flexibility index (Phi) is 3.35. The van der Waals surface area contributed by atoms with Crippen LogP contribution >= 0.6 is 12.6 Å². The Morgan fingerprint density at radius 1 is 0.688 bits per heavy atom. The molecule has 2 aromatic rings. The Bertz CT molecular complexity index is 408. The Hall–Kier alpha value is -1.21. The van der Waals surface area contributed by atoms with Crippen molar-refractivity contribution in [3.8, 4) is 0 Å². The number of hydrogen-bond acceptors (Lipinski definition) is 1. The van der Waals surface area contributed by atoms with Gasteiger partial charge in [-0.3, -0.25) is 0 Å². The smallest absolute Gasteiger partial charge is 0.0516 e. The zero-order valence-electron chi connectivity index (χ0n) is 9.64. The van der Waals surface area contributed by atoms with Gasteiger partial charge in [-0.25, -0.2) is 0 Å². The van der Waals surface area contributed by atoms with Gasteiger partial charge in [-0.15, -0.1) is 0 Å². The minimum absolute atomic E-state index is 0.168. The molecule has 0 unspecified atom stereocenters.